The smallest absolute Gasteiger partial charge is 0.305 e. The van der Waals surface area contributed by atoms with E-state index in [4.69, 9.17) is 16.3 Å². The molecule has 0 amide bonds. The number of carbonyl (C=O) groups excluding carboxylic acids is 1. The molecule has 0 spiro atoms. The molecule has 1 atom stereocenters. The number of nitrogens with one attached hydrogen (secondary N) is 1. The molecule has 0 aliphatic rings. The van der Waals surface area contributed by atoms with Crippen LogP contribution in [-0.4, -0.2) is 18.6 Å². The number of rotatable bonds is 9. The summed E-state index contributed by atoms with van der Waals surface area (Å²) >= 11 is 5.88. The van der Waals surface area contributed by atoms with Crippen LogP contribution in [0.25, 0.3) is 0 Å². The molecule has 0 saturated carbocycles. The Kier molecular flexibility index (Phi) is 8.40. The van der Waals surface area contributed by atoms with Crippen LogP contribution < -0.4 is 5.32 Å². The summed E-state index contributed by atoms with van der Waals surface area (Å²) < 4.78 is 4.95. The lowest BCUT2D eigenvalue weighted by Crippen LogP contribution is -2.33. The van der Waals surface area contributed by atoms with Crippen molar-refractivity contribution in [2.75, 3.05) is 6.61 Å². The second kappa shape index (κ2) is 9.80. The average molecular weight is 312 g/mol. The van der Waals surface area contributed by atoms with E-state index in [2.05, 4.69) is 19.2 Å². The van der Waals surface area contributed by atoms with Gasteiger partial charge in [0.15, 0.2) is 0 Å². The fraction of sp³-hybridized carbons (Fsp3) is 0.588. The van der Waals surface area contributed by atoms with Crippen molar-refractivity contribution in [2.45, 2.75) is 52.6 Å². The van der Waals surface area contributed by atoms with Crippen molar-refractivity contribution in [2.24, 2.45) is 5.92 Å². The van der Waals surface area contributed by atoms with Crippen molar-refractivity contribution in [1.82, 2.24) is 5.32 Å². The molecule has 4 heteroatoms. The van der Waals surface area contributed by atoms with Crippen LogP contribution in [0.5, 0.6) is 0 Å². The van der Waals surface area contributed by atoms with E-state index in [0.717, 1.165) is 24.4 Å². The highest BCUT2D eigenvalue weighted by atomic mass is 35.5. The second-order valence-electron chi connectivity index (χ2n) is 5.56. The number of carbonyl (C=O) groups is 1. The second-order valence-corrected chi connectivity index (χ2v) is 5.99. The number of ether oxygens (including phenoxy) is 1. The van der Waals surface area contributed by atoms with Gasteiger partial charge >= 0.3 is 5.97 Å². The van der Waals surface area contributed by atoms with E-state index in [0.29, 0.717) is 25.0 Å². The molecule has 118 valence electrons. The minimum atomic E-state index is -0.0993. The van der Waals surface area contributed by atoms with Gasteiger partial charge in [-0.15, -0.1) is 0 Å². The maximum Gasteiger partial charge on any atom is 0.305 e. The van der Waals surface area contributed by atoms with E-state index in [1.165, 1.54) is 5.56 Å². The van der Waals surface area contributed by atoms with E-state index in [9.17, 15) is 4.79 Å². The zero-order valence-corrected chi connectivity index (χ0v) is 14.0. The number of halogens is 1. The Morgan fingerprint density at radius 2 is 1.95 bits per heavy atom. The highest BCUT2D eigenvalue weighted by molar-refractivity contribution is 6.30. The van der Waals surface area contributed by atoms with Crippen molar-refractivity contribution in [1.29, 1.82) is 0 Å². The highest BCUT2D eigenvalue weighted by Crippen LogP contribution is 2.13. The standard InChI is InChI=1S/C17H26ClNO2/c1-4-21-17(20)7-5-6-16(13(2)3)19-12-14-8-10-15(18)11-9-14/h8-11,13,16,19H,4-7,12H2,1-3H3. The van der Waals surface area contributed by atoms with E-state index in [1.807, 2.05) is 31.2 Å². The molecule has 1 unspecified atom stereocenters. The van der Waals surface area contributed by atoms with Gasteiger partial charge in [0.05, 0.1) is 6.61 Å². The predicted molar refractivity (Wildman–Crippen MR) is 87.4 cm³/mol. The lowest BCUT2D eigenvalue weighted by molar-refractivity contribution is -0.143. The molecule has 0 aliphatic carbocycles. The third-order valence-corrected chi connectivity index (χ3v) is 3.74. The molecule has 0 bridgehead atoms. The van der Waals surface area contributed by atoms with Crippen molar-refractivity contribution < 1.29 is 9.53 Å². The molecular weight excluding hydrogens is 286 g/mol. The lowest BCUT2D eigenvalue weighted by atomic mass is 9.98. The summed E-state index contributed by atoms with van der Waals surface area (Å²) in [7, 11) is 0. The normalized spacial score (nSPS) is 12.4. The molecule has 0 saturated heterocycles. The van der Waals surface area contributed by atoms with Crippen LogP contribution in [0.3, 0.4) is 0 Å². The Morgan fingerprint density at radius 1 is 1.29 bits per heavy atom. The zero-order valence-electron chi connectivity index (χ0n) is 13.2. The van der Waals surface area contributed by atoms with Gasteiger partial charge in [0.1, 0.15) is 0 Å². The summed E-state index contributed by atoms with van der Waals surface area (Å²) in [5, 5.41) is 4.32. The van der Waals surface area contributed by atoms with Crippen molar-refractivity contribution in [3.8, 4) is 0 Å². The summed E-state index contributed by atoms with van der Waals surface area (Å²) in [6, 6.07) is 8.28. The van der Waals surface area contributed by atoms with Gasteiger partial charge in [0.25, 0.3) is 0 Å². The van der Waals surface area contributed by atoms with Crippen molar-refractivity contribution in [3.05, 3.63) is 34.9 Å². The first kappa shape index (κ1) is 18.0. The highest BCUT2D eigenvalue weighted by Gasteiger charge is 2.13. The SMILES string of the molecule is CCOC(=O)CCCC(NCc1ccc(Cl)cc1)C(C)C. The number of benzene rings is 1. The largest absolute Gasteiger partial charge is 0.466 e. The molecule has 1 aromatic rings. The number of hydrogen-bond acceptors (Lipinski definition) is 3. The average Bonchev–Trinajstić information content (AvgIpc) is 2.44. The molecule has 0 aliphatic heterocycles. The molecule has 0 radical (unpaired) electrons. The maximum absolute atomic E-state index is 11.4. The summed E-state index contributed by atoms with van der Waals surface area (Å²) in [5.74, 6) is 0.428. The van der Waals surface area contributed by atoms with E-state index < -0.39 is 0 Å². The van der Waals surface area contributed by atoms with Crippen molar-refractivity contribution >= 4 is 17.6 Å². The Hall–Kier alpha value is -1.06. The first-order valence-corrected chi connectivity index (χ1v) is 8.04. The quantitative estimate of drug-likeness (QED) is 0.695. The maximum atomic E-state index is 11.4. The Balaban J connectivity index is 2.36. The van der Waals surface area contributed by atoms with Gasteiger partial charge in [-0.2, -0.15) is 0 Å². The molecule has 21 heavy (non-hydrogen) atoms. The van der Waals surface area contributed by atoms with Crippen LogP contribution in [0, 0.1) is 5.92 Å². The molecule has 0 heterocycles. The summed E-state index contributed by atoms with van der Waals surface area (Å²) in [5.41, 5.74) is 1.22. The number of esters is 1. The van der Waals surface area contributed by atoms with Crippen LogP contribution in [0.2, 0.25) is 5.02 Å². The third-order valence-electron chi connectivity index (χ3n) is 3.49. The molecule has 1 rings (SSSR count). The Morgan fingerprint density at radius 3 is 2.52 bits per heavy atom. The van der Waals surface area contributed by atoms with Gasteiger partial charge in [0, 0.05) is 24.0 Å². The minimum Gasteiger partial charge on any atom is -0.466 e. The fourth-order valence-corrected chi connectivity index (χ4v) is 2.35. The molecule has 1 N–H and O–H groups in total. The predicted octanol–water partition coefficient (Wildman–Crippen LogP) is 4.19. The Labute approximate surface area is 133 Å². The van der Waals surface area contributed by atoms with Crippen LogP contribution in [0.1, 0.15) is 45.6 Å². The topological polar surface area (TPSA) is 38.3 Å². The van der Waals surface area contributed by atoms with Crippen LogP contribution in [0.4, 0.5) is 0 Å². The first-order chi connectivity index (χ1) is 10.0. The van der Waals surface area contributed by atoms with E-state index in [-0.39, 0.29) is 5.97 Å². The summed E-state index contributed by atoms with van der Waals surface area (Å²) in [6.45, 7) is 7.51. The van der Waals surface area contributed by atoms with Crippen LogP contribution in [0.15, 0.2) is 24.3 Å². The molecule has 1 aromatic carbocycles. The van der Waals surface area contributed by atoms with Gasteiger partial charge in [-0.1, -0.05) is 37.6 Å². The van der Waals surface area contributed by atoms with Gasteiger partial charge in [-0.25, -0.2) is 0 Å². The van der Waals surface area contributed by atoms with Crippen LogP contribution in [-0.2, 0) is 16.1 Å². The van der Waals surface area contributed by atoms with E-state index >= 15 is 0 Å². The third kappa shape index (κ3) is 7.49. The molecule has 0 fully saturated rings. The zero-order chi connectivity index (χ0) is 15.7. The fourth-order valence-electron chi connectivity index (χ4n) is 2.22. The summed E-state index contributed by atoms with van der Waals surface area (Å²) in [4.78, 5) is 11.4. The van der Waals surface area contributed by atoms with Gasteiger partial charge in [-0.05, 0) is 43.4 Å². The van der Waals surface area contributed by atoms with Gasteiger partial charge in [0.2, 0.25) is 0 Å². The first-order valence-electron chi connectivity index (χ1n) is 7.66. The van der Waals surface area contributed by atoms with Crippen LogP contribution >= 0.6 is 11.6 Å². The molecule has 3 nitrogen and oxygen atoms in total. The van der Waals surface area contributed by atoms with Crippen molar-refractivity contribution in [3.63, 3.8) is 0 Å². The lowest BCUT2D eigenvalue weighted by Gasteiger charge is -2.22. The monoisotopic (exact) mass is 311 g/mol. The molecular formula is C17H26ClNO2. The Bertz CT molecular complexity index is 417. The van der Waals surface area contributed by atoms with Gasteiger partial charge in [-0.3, -0.25) is 4.79 Å². The van der Waals surface area contributed by atoms with E-state index in [1.54, 1.807) is 0 Å². The number of hydrogen-bond donors (Lipinski definition) is 1. The van der Waals surface area contributed by atoms with Gasteiger partial charge < -0.3 is 10.1 Å². The summed E-state index contributed by atoms with van der Waals surface area (Å²) in [6.07, 6.45) is 2.33. The molecule has 0 aromatic heterocycles. The minimum absolute atomic E-state index is 0.0993.